The molecule has 0 atom stereocenters. The van der Waals surface area contributed by atoms with E-state index in [0.29, 0.717) is 17.0 Å². The highest BCUT2D eigenvalue weighted by Crippen LogP contribution is 2.21. The van der Waals surface area contributed by atoms with Gasteiger partial charge in [0.2, 0.25) is 11.1 Å². The predicted molar refractivity (Wildman–Crippen MR) is 70.9 cm³/mol. The second kappa shape index (κ2) is 5.23. The first-order valence-corrected chi connectivity index (χ1v) is 6.53. The number of nitrogens with zero attached hydrogens (tertiary/aromatic N) is 2. The predicted octanol–water partition coefficient (Wildman–Crippen LogP) is 2.80. The van der Waals surface area contributed by atoms with Gasteiger partial charge < -0.3 is 5.73 Å². The van der Waals surface area contributed by atoms with Crippen LogP contribution < -0.4 is 5.73 Å². The molecule has 4 nitrogen and oxygen atoms in total. The number of thioether (sulfide) groups is 1. The molecular formula is C12H16N4S. The van der Waals surface area contributed by atoms with Gasteiger partial charge in [-0.25, -0.2) is 5.10 Å². The summed E-state index contributed by atoms with van der Waals surface area (Å²) in [7, 11) is 0. The standard InChI is InChI=1S/C12H16N4S/c1-8(2)10-5-3-9(4-6-10)7-17-12-14-11(13)15-16-12/h3-6,8H,7H2,1-2H3,(H3,13,14,15,16). The first-order valence-electron chi connectivity index (χ1n) is 5.54. The molecule has 0 fully saturated rings. The Labute approximate surface area is 105 Å². The van der Waals surface area contributed by atoms with Crippen molar-refractivity contribution in [3.63, 3.8) is 0 Å². The monoisotopic (exact) mass is 248 g/mol. The molecule has 0 amide bonds. The van der Waals surface area contributed by atoms with E-state index in [-0.39, 0.29) is 0 Å². The molecule has 17 heavy (non-hydrogen) atoms. The van der Waals surface area contributed by atoms with E-state index in [9.17, 15) is 0 Å². The third-order valence-corrected chi connectivity index (χ3v) is 3.41. The van der Waals surface area contributed by atoms with Crippen LogP contribution in [0.25, 0.3) is 0 Å². The maximum absolute atomic E-state index is 5.46. The molecule has 0 bridgehead atoms. The lowest BCUT2D eigenvalue weighted by Gasteiger charge is -2.05. The van der Waals surface area contributed by atoms with E-state index >= 15 is 0 Å². The highest BCUT2D eigenvalue weighted by atomic mass is 32.2. The third kappa shape index (κ3) is 3.23. The smallest absolute Gasteiger partial charge is 0.216 e. The number of aromatic amines is 1. The van der Waals surface area contributed by atoms with Crippen molar-refractivity contribution in [2.75, 3.05) is 5.73 Å². The molecule has 0 aliphatic carbocycles. The average Bonchev–Trinajstić information content (AvgIpc) is 2.73. The van der Waals surface area contributed by atoms with Crippen molar-refractivity contribution in [2.45, 2.75) is 30.7 Å². The molecule has 1 heterocycles. The fourth-order valence-electron chi connectivity index (χ4n) is 1.47. The zero-order valence-electron chi connectivity index (χ0n) is 9.97. The van der Waals surface area contributed by atoms with E-state index in [1.165, 1.54) is 11.1 Å². The van der Waals surface area contributed by atoms with Gasteiger partial charge in [0.25, 0.3) is 0 Å². The van der Waals surface area contributed by atoms with Gasteiger partial charge in [-0.1, -0.05) is 49.9 Å². The van der Waals surface area contributed by atoms with E-state index in [1.54, 1.807) is 11.8 Å². The molecule has 1 aromatic carbocycles. The first-order chi connectivity index (χ1) is 8.15. The normalized spacial score (nSPS) is 11.0. The minimum absolute atomic E-state index is 0.364. The van der Waals surface area contributed by atoms with Crippen molar-refractivity contribution in [1.82, 2.24) is 15.2 Å². The second-order valence-electron chi connectivity index (χ2n) is 4.19. The van der Waals surface area contributed by atoms with Crippen molar-refractivity contribution in [1.29, 1.82) is 0 Å². The largest absolute Gasteiger partial charge is 0.368 e. The Morgan fingerprint density at radius 2 is 2.00 bits per heavy atom. The zero-order valence-corrected chi connectivity index (χ0v) is 10.8. The van der Waals surface area contributed by atoms with Crippen molar-refractivity contribution < 1.29 is 0 Å². The van der Waals surface area contributed by atoms with Crippen molar-refractivity contribution in [3.05, 3.63) is 35.4 Å². The number of anilines is 1. The van der Waals surface area contributed by atoms with E-state index in [1.807, 2.05) is 0 Å². The Kier molecular flexibility index (Phi) is 3.68. The molecule has 0 aliphatic heterocycles. The second-order valence-corrected chi connectivity index (χ2v) is 5.13. The molecule has 2 aromatic rings. The first kappa shape index (κ1) is 12.0. The lowest BCUT2D eigenvalue weighted by Crippen LogP contribution is -1.88. The third-order valence-electron chi connectivity index (χ3n) is 2.50. The lowest BCUT2D eigenvalue weighted by atomic mass is 10.0. The van der Waals surface area contributed by atoms with Crippen LogP contribution in [0.4, 0.5) is 5.95 Å². The van der Waals surface area contributed by atoms with E-state index < -0.39 is 0 Å². The van der Waals surface area contributed by atoms with Gasteiger partial charge in [0.15, 0.2) is 0 Å². The Hall–Kier alpha value is -1.49. The number of nitrogen functional groups attached to an aromatic ring is 1. The summed E-state index contributed by atoms with van der Waals surface area (Å²) in [5.74, 6) is 1.79. The van der Waals surface area contributed by atoms with Crippen molar-refractivity contribution in [2.24, 2.45) is 0 Å². The molecule has 90 valence electrons. The van der Waals surface area contributed by atoms with Gasteiger partial charge in [0.1, 0.15) is 0 Å². The maximum atomic E-state index is 5.46. The Morgan fingerprint density at radius 1 is 1.29 bits per heavy atom. The van der Waals surface area contributed by atoms with Crippen LogP contribution in [-0.4, -0.2) is 15.2 Å². The minimum atomic E-state index is 0.364. The van der Waals surface area contributed by atoms with E-state index in [0.717, 1.165) is 5.75 Å². The van der Waals surface area contributed by atoms with Crippen LogP contribution in [0.3, 0.4) is 0 Å². The topological polar surface area (TPSA) is 67.6 Å². The summed E-state index contributed by atoms with van der Waals surface area (Å²) in [4.78, 5) is 4.05. The summed E-state index contributed by atoms with van der Waals surface area (Å²) in [6.07, 6.45) is 0. The molecule has 1 aromatic heterocycles. The molecule has 3 N–H and O–H groups in total. The summed E-state index contributed by atoms with van der Waals surface area (Å²) in [5.41, 5.74) is 8.09. The minimum Gasteiger partial charge on any atom is -0.368 e. The number of hydrogen-bond donors (Lipinski definition) is 2. The zero-order chi connectivity index (χ0) is 12.3. The van der Waals surface area contributed by atoms with Crippen molar-refractivity contribution in [3.8, 4) is 0 Å². The summed E-state index contributed by atoms with van der Waals surface area (Å²) in [6.45, 7) is 4.39. The SMILES string of the molecule is CC(C)c1ccc(CSc2n[nH]c(N)n2)cc1. The summed E-state index contributed by atoms with van der Waals surface area (Å²) < 4.78 is 0. The van der Waals surface area contributed by atoms with Gasteiger partial charge >= 0.3 is 0 Å². The quantitative estimate of drug-likeness (QED) is 0.816. The van der Waals surface area contributed by atoms with Gasteiger partial charge in [0, 0.05) is 5.75 Å². The molecule has 0 saturated heterocycles. The van der Waals surface area contributed by atoms with Gasteiger partial charge in [-0.3, -0.25) is 0 Å². The number of nitrogens with two attached hydrogens (primary N) is 1. The average molecular weight is 248 g/mol. The molecule has 2 rings (SSSR count). The summed E-state index contributed by atoms with van der Waals surface area (Å²) in [6, 6.07) is 8.65. The van der Waals surface area contributed by atoms with Gasteiger partial charge in [-0.2, -0.15) is 4.98 Å². The van der Waals surface area contributed by atoms with E-state index in [2.05, 4.69) is 53.3 Å². The maximum Gasteiger partial charge on any atom is 0.216 e. The lowest BCUT2D eigenvalue weighted by molar-refractivity contribution is 0.866. The fraction of sp³-hybridized carbons (Fsp3) is 0.333. The van der Waals surface area contributed by atoms with Gasteiger partial charge in [-0.05, 0) is 17.0 Å². The van der Waals surface area contributed by atoms with Gasteiger partial charge in [0.05, 0.1) is 0 Å². The molecule has 0 saturated carbocycles. The Morgan fingerprint density at radius 3 is 2.53 bits per heavy atom. The number of H-pyrrole nitrogens is 1. The molecule has 0 spiro atoms. The van der Waals surface area contributed by atoms with Crippen LogP contribution >= 0.6 is 11.8 Å². The van der Waals surface area contributed by atoms with E-state index in [4.69, 9.17) is 5.73 Å². The van der Waals surface area contributed by atoms with Crippen LogP contribution in [0.5, 0.6) is 0 Å². The molecular weight excluding hydrogens is 232 g/mol. The Balaban J connectivity index is 1.95. The molecule has 0 unspecified atom stereocenters. The van der Waals surface area contributed by atoms with Crippen LogP contribution in [0.2, 0.25) is 0 Å². The summed E-state index contributed by atoms with van der Waals surface area (Å²) in [5, 5.41) is 7.29. The number of benzene rings is 1. The van der Waals surface area contributed by atoms with Crippen molar-refractivity contribution >= 4 is 17.7 Å². The number of aromatic nitrogens is 3. The number of rotatable bonds is 4. The molecule has 0 radical (unpaired) electrons. The number of hydrogen-bond acceptors (Lipinski definition) is 4. The molecule has 0 aliphatic rings. The highest BCUT2D eigenvalue weighted by molar-refractivity contribution is 7.98. The van der Waals surface area contributed by atoms with Crippen LogP contribution in [0.15, 0.2) is 29.4 Å². The Bertz CT molecular complexity index is 476. The van der Waals surface area contributed by atoms with Crippen LogP contribution in [-0.2, 0) is 5.75 Å². The highest BCUT2D eigenvalue weighted by Gasteiger charge is 2.03. The van der Waals surface area contributed by atoms with Gasteiger partial charge in [-0.15, -0.1) is 5.10 Å². The number of nitrogens with one attached hydrogen (secondary N) is 1. The van der Waals surface area contributed by atoms with Crippen LogP contribution in [0, 0.1) is 0 Å². The summed E-state index contributed by atoms with van der Waals surface area (Å²) >= 11 is 1.58. The fourth-order valence-corrected chi connectivity index (χ4v) is 2.23. The van der Waals surface area contributed by atoms with Crippen LogP contribution in [0.1, 0.15) is 30.9 Å². The molecule has 5 heteroatoms.